The van der Waals surface area contributed by atoms with Crippen LogP contribution in [-0.4, -0.2) is 18.9 Å². The number of allylic oxidation sites excluding steroid dienone is 1. The first-order chi connectivity index (χ1) is 11.1. The van der Waals surface area contributed by atoms with Gasteiger partial charge in [-0.05, 0) is 32.6 Å². The zero-order valence-electron chi connectivity index (χ0n) is 14.0. The Morgan fingerprint density at radius 1 is 0.826 bits per heavy atom. The van der Waals surface area contributed by atoms with Crippen molar-refractivity contribution < 1.29 is 14.3 Å². The molecule has 0 amide bonds. The van der Waals surface area contributed by atoms with Gasteiger partial charge in [0.05, 0.1) is 12.7 Å². The summed E-state index contributed by atoms with van der Waals surface area (Å²) in [4.78, 5) is 24.0. The smallest absolute Gasteiger partial charge is 0.347 e. The standard InChI is InChI=1S/C20H24O3/c1-15(21)18(13-11-16-7-3-4-8-16)19(20(22)23-2)14-12-17-9-5-6-10-17/h16-17H,3-10H2,1-2H3/b19-18+. The Bertz CT molecular complexity index is 607. The molecule has 0 spiro atoms. The summed E-state index contributed by atoms with van der Waals surface area (Å²) in [5.74, 6) is 11.9. The Morgan fingerprint density at radius 2 is 1.26 bits per heavy atom. The summed E-state index contributed by atoms with van der Waals surface area (Å²) in [5, 5.41) is 0. The van der Waals surface area contributed by atoms with Crippen molar-refractivity contribution >= 4 is 11.8 Å². The van der Waals surface area contributed by atoms with E-state index in [9.17, 15) is 9.59 Å². The quantitative estimate of drug-likeness (QED) is 0.446. The number of Topliss-reactive ketones (excluding diaryl/α,β-unsaturated/α-hetero) is 1. The van der Waals surface area contributed by atoms with Crippen molar-refractivity contribution in [2.24, 2.45) is 11.8 Å². The molecular weight excluding hydrogens is 288 g/mol. The van der Waals surface area contributed by atoms with Crippen LogP contribution in [0.3, 0.4) is 0 Å². The molecule has 2 rings (SSSR count). The minimum atomic E-state index is -0.568. The highest BCUT2D eigenvalue weighted by Gasteiger charge is 2.19. The van der Waals surface area contributed by atoms with E-state index in [1.165, 1.54) is 39.7 Å². The Balaban J connectivity index is 2.33. The summed E-state index contributed by atoms with van der Waals surface area (Å²) >= 11 is 0. The third kappa shape index (κ3) is 5.00. The Hall–Kier alpha value is -2.00. The monoisotopic (exact) mass is 312 g/mol. The average Bonchev–Trinajstić information content (AvgIpc) is 3.22. The largest absolute Gasteiger partial charge is 0.465 e. The minimum Gasteiger partial charge on any atom is -0.465 e. The Kier molecular flexibility index (Phi) is 6.48. The van der Waals surface area contributed by atoms with Gasteiger partial charge in [-0.25, -0.2) is 4.79 Å². The molecule has 0 aromatic carbocycles. The van der Waals surface area contributed by atoms with Crippen molar-refractivity contribution in [3.63, 3.8) is 0 Å². The summed E-state index contributed by atoms with van der Waals surface area (Å²) in [7, 11) is 1.31. The number of hydrogen-bond donors (Lipinski definition) is 0. The van der Waals surface area contributed by atoms with E-state index in [-0.39, 0.29) is 16.9 Å². The van der Waals surface area contributed by atoms with Gasteiger partial charge in [0, 0.05) is 11.8 Å². The second-order valence-electron chi connectivity index (χ2n) is 6.30. The van der Waals surface area contributed by atoms with Gasteiger partial charge in [0.2, 0.25) is 0 Å². The predicted octanol–water partition coefficient (Wildman–Crippen LogP) is 3.43. The summed E-state index contributed by atoms with van der Waals surface area (Å²) < 4.78 is 4.81. The van der Waals surface area contributed by atoms with Gasteiger partial charge in [0.25, 0.3) is 0 Å². The van der Waals surface area contributed by atoms with Crippen LogP contribution in [0.5, 0.6) is 0 Å². The molecule has 0 saturated heterocycles. The van der Waals surface area contributed by atoms with Gasteiger partial charge in [-0.15, -0.1) is 0 Å². The molecule has 122 valence electrons. The molecule has 2 saturated carbocycles. The first-order valence-electron chi connectivity index (χ1n) is 8.48. The molecule has 0 bridgehead atoms. The molecule has 3 nitrogen and oxygen atoms in total. The van der Waals surface area contributed by atoms with E-state index in [1.54, 1.807) is 0 Å². The van der Waals surface area contributed by atoms with E-state index in [0.717, 1.165) is 25.7 Å². The van der Waals surface area contributed by atoms with Crippen LogP contribution in [0.4, 0.5) is 0 Å². The molecule has 0 heterocycles. The van der Waals surface area contributed by atoms with E-state index in [2.05, 4.69) is 23.7 Å². The molecule has 0 aromatic rings. The van der Waals surface area contributed by atoms with Crippen molar-refractivity contribution in [3.8, 4) is 23.7 Å². The van der Waals surface area contributed by atoms with E-state index in [0.29, 0.717) is 11.8 Å². The van der Waals surface area contributed by atoms with Crippen molar-refractivity contribution in [3.05, 3.63) is 11.1 Å². The maximum absolute atomic E-state index is 12.1. The maximum atomic E-state index is 12.1. The van der Waals surface area contributed by atoms with Gasteiger partial charge in [-0.3, -0.25) is 4.79 Å². The number of carbonyl (C=O) groups is 2. The highest BCUT2D eigenvalue weighted by Crippen LogP contribution is 2.25. The Labute approximate surface area is 138 Å². The van der Waals surface area contributed by atoms with Crippen LogP contribution in [-0.2, 0) is 14.3 Å². The normalized spacial score (nSPS) is 19.2. The predicted molar refractivity (Wildman–Crippen MR) is 89.2 cm³/mol. The van der Waals surface area contributed by atoms with E-state index in [4.69, 9.17) is 4.74 Å². The van der Waals surface area contributed by atoms with Crippen molar-refractivity contribution in [2.45, 2.75) is 58.3 Å². The molecular formula is C20H24O3. The lowest BCUT2D eigenvalue weighted by Gasteiger charge is -2.03. The zero-order valence-corrected chi connectivity index (χ0v) is 14.0. The van der Waals surface area contributed by atoms with Gasteiger partial charge < -0.3 is 4.74 Å². The zero-order chi connectivity index (χ0) is 16.7. The topological polar surface area (TPSA) is 43.4 Å². The van der Waals surface area contributed by atoms with Crippen LogP contribution in [0.15, 0.2) is 11.1 Å². The number of hydrogen-bond acceptors (Lipinski definition) is 3. The first kappa shape index (κ1) is 17.4. The molecule has 0 unspecified atom stereocenters. The van der Waals surface area contributed by atoms with Gasteiger partial charge in [0.15, 0.2) is 5.78 Å². The second-order valence-corrected chi connectivity index (χ2v) is 6.30. The number of methoxy groups -OCH3 is 1. The molecule has 0 aliphatic heterocycles. The molecule has 23 heavy (non-hydrogen) atoms. The highest BCUT2D eigenvalue weighted by molar-refractivity contribution is 6.08. The third-order valence-corrected chi connectivity index (χ3v) is 4.50. The van der Waals surface area contributed by atoms with Crippen molar-refractivity contribution in [1.29, 1.82) is 0 Å². The van der Waals surface area contributed by atoms with Gasteiger partial charge in [-0.1, -0.05) is 49.4 Å². The van der Waals surface area contributed by atoms with Gasteiger partial charge in [-0.2, -0.15) is 0 Å². The fourth-order valence-corrected chi connectivity index (χ4v) is 3.13. The van der Waals surface area contributed by atoms with Crippen LogP contribution < -0.4 is 0 Å². The number of esters is 1. The maximum Gasteiger partial charge on any atom is 0.347 e. The van der Waals surface area contributed by atoms with Gasteiger partial charge >= 0.3 is 5.97 Å². The lowest BCUT2D eigenvalue weighted by atomic mass is 10.0. The summed E-state index contributed by atoms with van der Waals surface area (Å²) in [5.41, 5.74) is 0.326. The van der Waals surface area contributed by atoms with E-state index >= 15 is 0 Å². The number of carbonyl (C=O) groups excluding carboxylic acids is 2. The number of rotatable bonds is 2. The summed E-state index contributed by atoms with van der Waals surface area (Å²) in [6.07, 6.45) is 8.98. The fraction of sp³-hybridized carbons (Fsp3) is 0.600. The van der Waals surface area contributed by atoms with Crippen LogP contribution >= 0.6 is 0 Å². The summed E-state index contributed by atoms with van der Waals surface area (Å²) in [6, 6.07) is 0. The molecule has 2 aliphatic rings. The van der Waals surface area contributed by atoms with Crippen LogP contribution in [0, 0.1) is 35.5 Å². The van der Waals surface area contributed by atoms with Crippen molar-refractivity contribution in [1.82, 2.24) is 0 Å². The van der Waals surface area contributed by atoms with Gasteiger partial charge in [0.1, 0.15) is 5.57 Å². The molecule has 0 radical (unpaired) electrons. The molecule has 0 N–H and O–H groups in total. The molecule has 2 aliphatic carbocycles. The number of ether oxygens (including phenoxy) is 1. The SMILES string of the molecule is COC(=O)/C(C#CC1CCCC1)=C(\C#CC1CCCC1)C(C)=O. The molecule has 3 heteroatoms. The minimum absolute atomic E-state index is 0.123. The lowest BCUT2D eigenvalue weighted by molar-refractivity contribution is -0.135. The first-order valence-corrected chi connectivity index (χ1v) is 8.48. The van der Waals surface area contributed by atoms with Crippen LogP contribution in [0.25, 0.3) is 0 Å². The van der Waals surface area contributed by atoms with E-state index in [1.807, 2.05) is 0 Å². The highest BCUT2D eigenvalue weighted by atomic mass is 16.5. The van der Waals surface area contributed by atoms with Crippen LogP contribution in [0.1, 0.15) is 58.3 Å². The van der Waals surface area contributed by atoms with Crippen LogP contribution in [0.2, 0.25) is 0 Å². The fourth-order valence-electron chi connectivity index (χ4n) is 3.13. The number of ketones is 1. The summed E-state index contributed by atoms with van der Waals surface area (Å²) in [6.45, 7) is 1.43. The van der Waals surface area contributed by atoms with Crippen molar-refractivity contribution in [2.75, 3.05) is 7.11 Å². The lowest BCUT2D eigenvalue weighted by Crippen LogP contribution is -2.10. The molecule has 2 fully saturated rings. The third-order valence-electron chi connectivity index (χ3n) is 4.50. The average molecular weight is 312 g/mol. The van der Waals surface area contributed by atoms with E-state index < -0.39 is 5.97 Å². The Morgan fingerprint density at radius 3 is 1.65 bits per heavy atom. The second kappa shape index (κ2) is 8.59. The molecule has 0 aromatic heterocycles. The molecule has 0 atom stereocenters.